The maximum absolute atomic E-state index is 13.6. The first-order chi connectivity index (χ1) is 8.72. The molecule has 18 heavy (non-hydrogen) atoms. The molecule has 0 amide bonds. The van der Waals surface area contributed by atoms with E-state index in [1.807, 2.05) is 12.1 Å². The number of rotatable bonds is 2. The van der Waals surface area contributed by atoms with Crippen LogP contribution in [0.4, 0.5) is 4.39 Å². The molecule has 3 rings (SSSR count). The topological polar surface area (TPSA) is 36.4 Å². The fourth-order valence-electron chi connectivity index (χ4n) is 2.54. The van der Waals surface area contributed by atoms with Gasteiger partial charge in [-0.15, -0.1) is 0 Å². The van der Waals surface area contributed by atoms with Crippen LogP contribution in [-0.4, -0.2) is 34.2 Å². The molecule has 1 fully saturated rings. The van der Waals surface area contributed by atoms with E-state index in [1.54, 1.807) is 12.3 Å². The lowest BCUT2D eigenvalue weighted by molar-refractivity contribution is 0.175. The minimum atomic E-state index is -0.252. The van der Waals surface area contributed by atoms with E-state index in [1.165, 1.54) is 6.07 Å². The first kappa shape index (κ1) is 11.6. The van der Waals surface area contributed by atoms with Crippen LogP contribution in [0, 0.1) is 5.82 Å². The van der Waals surface area contributed by atoms with Crippen molar-refractivity contribution in [1.82, 2.24) is 9.88 Å². The molecule has 1 saturated heterocycles. The summed E-state index contributed by atoms with van der Waals surface area (Å²) in [5.41, 5.74) is 1.74. The molecule has 2 aromatic rings. The van der Waals surface area contributed by atoms with Gasteiger partial charge in [0.2, 0.25) is 0 Å². The third-order valence-electron chi connectivity index (χ3n) is 3.39. The lowest BCUT2D eigenvalue weighted by atomic mass is 10.1. The molecule has 3 nitrogen and oxygen atoms in total. The summed E-state index contributed by atoms with van der Waals surface area (Å²) in [6, 6.07) is 6.73. The number of halogens is 1. The van der Waals surface area contributed by atoms with Crippen molar-refractivity contribution in [2.75, 3.05) is 13.1 Å². The van der Waals surface area contributed by atoms with E-state index < -0.39 is 0 Å². The second-order valence-corrected chi connectivity index (χ2v) is 4.82. The van der Waals surface area contributed by atoms with E-state index in [-0.39, 0.29) is 11.9 Å². The number of nitrogens with zero attached hydrogens (tertiary/aromatic N) is 2. The fraction of sp³-hybridized carbons (Fsp3) is 0.357. The van der Waals surface area contributed by atoms with Crippen LogP contribution in [0.1, 0.15) is 12.0 Å². The number of likely N-dealkylation sites (tertiary alicyclic amines) is 1. The third-order valence-corrected chi connectivity index (χ3v) is 3.39. The molecule has 1 aromatic heterocycles. The molecule has 0 radical (unpaired) electrons. The molecule has 1 aliphatic rings. The van der Waals surface area contributed by atoms with Crippen molar-refractivity contribution in [1.29, 1.82) is 0 Å². The van der Waals surface area contributed by atoms with Crippen LogP contribution < -0.4 is 0 Å². The van der Waals surface area contributed by atoms with Gasteiger partial charge in [-0.3, -0.25) is 9.88 Å². The highest BCUT2D eigenvalue weighted by Gasteiger charge is 2.21. The van der Waals surface area contributed by atoms with Crippen LogP contribution in [0.15, 0.2) is 30.5 Å². The summed E-state index contributed by atoms with van der Waals surface area (Å²) in [6.07, 6.45) is 2.27. The Labute approximate surface area is 105 Å². The van der Waals surface area contributed by atoms with Gasteiger partial charge in [-0.1, -0.05) is 6.07 Å². The lowest BCUT2D eigenvalue weighted by Crippen LogP contribution is -2.21. The Hall–Kier alpha value is -1.52. The molecule has 1 aliphatic heterocycles. The molecule has 94 valence electrons. The van der Waals surface area contributed by atoms with Gasteiger partial charge in [0.15, 0.2) is 0 Å². The van der Waals surface area contributed by atoms with Crippen molar-refractivity contribution < 1.29 is 9.50 Å². The quantitative estimate of drug-likeness (QED) is 0.879. The average Bonchev–Trinajstić information content (AvgIpc) is 2.74. The summed E-state index contributed by atoms with van der Waals surface area (Å²) in [5.74, 6) is -0.231. The van der Waals surface area contributed by atoms with Gasteiger partial charge in [0.1, 0.15) is 5.82 Å². The van der Waals surface area contributed by atoms with Crippen molar-refractivity contribution >= 4 is 10.9 Å². The summed E-state index contributed by atoms with van der Waals surface area (Å²) in [4.78, 5) is 6.46. The first-order valence-electron chi connectivity index (χ1n) is 6.16. The normalized spacial score (nSPS) is 20.7. The smallest absolute Gasteiger partial charge is 0.124 e. The number of aromatic nitrogens is 1. The first-order valence-corrected chi connectivity index (χ1v) is 6.16. The zero-order chi connectivity index (χ0) is 12.5. The van der Waals surface area contributed by atoms with Crippen molar-refractivity contribution in [3.05, 3.63) is 41.8 Å². The zero-order valence-electron chi connectivity index (χ0n) is 10.0. The largest absolute Gasteiger partial charge is 0.392 e. The monoisotopic (exact) mass is 246 g/mol. The van der Waals surface area contributed by atoms with E-state index in [4.69, 9.17) is 0 Å². The minimum Gasteiger partial charge on any atom is -0.392 e. The van der Waals surface area contributed by atoms with Gasteiger partial charge in [0.25, 0.3) is 0 Å². The van der Waals surface area contributed by atoms with Gasteiger partial charge in [0, 0.05) is 31.2 Å². The van der Waals surface area contributed by atoms with E-state index in [2.05, 4.69) is 9.88 Å². The van der Waals surface area contributed by atoms with Crippen molar-refractivity contribution in [3.8, 4) is 0 Å². The molecule has 0 saturated carbocycles. The number of aliphatic hydroxyl groups excluding tert-OH is 1. The number of hydrogen-bond donors (Lipinski definition) is 1. The molecule has 1 atom stereocenters. The van der Waals surface area contributed by atoms with Crippen LogP contribution in [0.3, 0.4) is 0 Å². The Morgan fingerprint density at radius 1 is 1.44 bits per heavy atom. The van der Waals surface area contributed by atoms with Crippen LogP contribution in [0.2, 0.25) is 0 Å². The Bertz CT molecular complexity index is 573. The molecular weight excluding hydrogens is 231 g/mol. The van der Waals surface area contributed by atoms with Gasteiger partial charge in [-0.25, -0.2) is 4.39 Å². The molecule has 0 spiro atoms. The van der Waals surface area contributed by atoms with Crippen molar-refractivity contribution in [3.63, 3.8) is 0 Å². The Kier molecular flexibility index (Phi) is 2.97. The maximum atomic E-state index is 13.6. The predicted molar refractivity (Wildman–Crippen MR) is 67.6 cm³/mol. The summed E-state index contributed by atoms with van der Waals surface area (Å²) in [5, 5.41) is 10.3. The zero-order valence-corrected chi connectivity index (χ0v) is 10.0. The highest BCUT2D eigenvalue weighted by atomic mass is 19.1. The van der Waals surface area contributed by atoms with Gasteiger partial charge < -0.3 is 5.11 Å². The van der Waals surface area contributed by atoms with E-state index >= 15 is 0 Å². The number of pyridine rings is 1. The number of aliphatic hydroxyl groups is 1. The Morgan fingerprint density at radius 3 is 3.11 bits per heavy atom. The highest BCUT2D eigenvalue weighted by molar-refractivity contribution is 5.81. The van der Waals surface area contributed by atoms with Crippen molar-refractivity contribution in [2.45, 2.75) is 19.1 Å². The molecule has 4 heteroatoms. The minimum absolute atomic E-state index is 0.231. The van der Waals surface area contributed by atoms with Crippen LogP contribution in [0.25, 0.3) is 10.9 Å². The highest BCUT2D eigenvalue weighted by Crippen LogP contribution is 2.21. The third kappa shape index (κ3) is 2.21. The van der Waals surface area contributed by atoms with Crippen molar-refractivity contribution in [2.24, 2.45) is 0 Å². The summed E-state index contributed by atoms with van der Waals surface area (Å²) < 4.78 is 13.6. The summed E-state index contributed by atoms with van der Waals surface area (Å²) in [7, 11) is 0. The second kappa shape index (κ2) is 4.63. The summed E-state index contributed by atoms with van der Waals surface area (Å²) in [6.45, 7) is 2.15. The molecule has 1 N–H and O–H groups in total. The summed E-state index contributed by atoms with van der Waals surface area (Å²) >= 11 is 0. The second-order valence-electron chi connectivity index (χ2n) is 4.82. The SMILES string of the molecule is O[C@@H]1CCN(Cc2cc(F)cc3cccnc23)C1. The number of fused-ring (bicyclic) bond motifs is 1. The van der Waals surface area contributed by atoms with E-state index in [0.717, 1.165) is 29.4 Å². The van der Waals surface area contributed by atoms with E-state index in [9.17, 15) is 9.50 Å². The fourth-order valence-corrected chi connectivity index (χ4v) is 2.54. The molecule has 0 unspecified atom stereocenters. The number of β-amino-alcohol motifs (C(OH)–C–C–N with tert-alkyl or cyclic N) is 1. The molecule has 1 aromatic carbocycles. The molecule has 0 aliphatic carbocycles. The number of benzene rings is 1. The Balaban J connectivity index is 1.95. The van der Waals surface area contributed by atoms with Crippen LogP contribution in [-0.2, 0) is 6.54 Å². The van der Waals surface area contributed by atoms with E-state index in [0.29, 0.717) is 13.1 Å². The number of hydrogen-bond acceptors (Lipinski definition) is 3. The standard InChI is InChI=1S/C14H15FN2O/c15-12-6-10-2-1-4-16-14(10)11(7-12)8-17-5-3-13(18)9-17/h1-2,4,6-7,13,18H,3,5,8-9H2/t13-/m1/s1. The Morgan fingerprint density at radius 2 is 2.33 bits per heavy atom. The van der Waals surface area contributed by atoms with Gasteiger partial charge in [-0.2, -0.15) is 0 Å². The van der Waals surface area contributed by atoms with Crippen LogP contribution in [0.5, 0.6) is 0 Å². The average molecular weight is 246 g/mol. The van der Waals surface area contributed by atoms with Crippen LogP contribution >= 0.6 is 0 Å². The molecule has 2 heterocycles. The molecular formula is C14H15FN2O. The lowest BCUT2D eigenvalue weighted by Gasteiger charge is -2.16. The maximum Gasteiger partial charge on any atom is 0.124 e. The predicted octanol–water partition coefficient (Wildman–Crippen LogP) is 1.94. The van der Waals surface area contributed by atoms with Gasteiger partial charge >= 0.3 is 0 Å². The van der Waals surface area contributed by atoms with Gasteiger partial charge in [0.05, 0.1) is 11.6 Å². The van der Waals surface area contributed by atoms with Gasteiger partial charge in [-0.05, 0) is 30.2 Å². The molecule has 0 bridgehead atoms.